The summed E-state index contributed by atoms with van der Waals surface area (Å²) in [6, 6.07) is 21.9. The Morgan fingerprint density at radius 1 is 1.07 bits per heavy atom. The van der Waals surface area contributed by atoms with E-state index in [1.54, 1.807) is 38.3 Å². The van der Waals surface area contributed by atoms with Crippen LogP contribution < -0.4 is 4.74 Å². The summed E-state index contributed by atoms with van der Waals surface area (Å²) in [6.45, 7) is 2.41. The van der Waals surface area contributed by atoms with Crippen molar-refractivity contribution in [2.75, 3.05) is 13.7 Å². The van der Waals surface area contributed by atoms with Crippen LogP contribution in [0.5, 0.6) is 5.88 Å². The fourth-order valence-corrected chi connectivity index (χ4v) is 4.77. The van der Waals surface area contributed by atoms with Crippen LogP contribution in [-0.2, 0) is 24.3 Å². The van der Waals surface area contributed by atoms with E-state index < -0.39 is 17.9 Å². The van der Waals surface area contributed by atoms with E-state index in [4.69, 9.17) is 19.7 Å². The number of nitriles is 1. The molecule has 0 aliphatic heterocycles. The summed E-state index contributed by atoms with van der Waals surface area (Å²) in [5, 5.41) is 28.4. The smallest absolute Gasteiger partial charge is 0.335 e. The van der Waals surface area contributed by atoms with Crippen LogP contribution in [0, 0.1) is 29.0 Å². The number of benzene rings is 3. The number of aromatic nitrogens is 3. The molecule has 0 saturated carbocycles. The highest BCUT2D eigenvalue weighted by molar-refractivity contribution is 5.92. The number of aliphatic hydroxyl groups is 1. The molecule has 0 spiro atoms. The normalized spacial score (nSPS) is 11.4. The molecule has 1 atom stereocenters. The number of hydrogen-bond donors (Lipinski definition) is 2. The summed E-state index contributed by atoms with van der Waals surface area (Å²) in [5.41, 5.74) is 4.93. The number of ether oxygens (including phenoxy) is 2. The quantitative estimate of drug-likeness (QED) is 0.204. The third-order valence-corrected chi connectivity index (χ3v) is 7.04. The van der Waals surface area contributed by atoms with Gasteiger partial charge in [0.15, 0.2) is 0 Å². The fraction of sp³-hybridized carbons (Fsp3) is 0.200. The van der Waals surface area contributed by atoms with Crippen LogP contribution in [0.4, 0.5) is 4.39 Å². The topological polar surface area (TPSA) is 130 Å². The molecule has 9 nitrogen and oxygen atoms in total. The lowest BCUT2D eigenvalue weighted by Crippen LogP contribution is -2.10. The van der Waals surface area contributed by atoms with E-state index in [0.717, 1.165) is 11.1 Å². The molecule has 0 saturated heterocycles. The van der Waals surface area contributed by atoms with Crippen molar-refractivity contribution in [3.8, 4) is 35.0 Å². The fourth-order valence-electron chi connectivity index (χ4n) is 4.77. The molecule has 3 aromatic carbocycles. The molecule has 0 amide bonds. The Labute approximate surface area is 259 Å². The molecule has 226 valence electrons. The SMILES string of the molecule is COCCn1c(Cc2ccc(-c3cccc(OCc4ccc(C#N)cc4F)n3)cc2C#C[C@@H](C)O)nc2ccc(C(=O)O)cc21. The van der Waals surface area contributed by atoms with E-state index in [9.17, 15) is 19.4 Å². The number of aliphatic hydroxyl groups excluding tert-OH is 1. The van der Waals surface area contributed by atoms with Crippen molar-refractivity contribution in [1.29, 1.82) is 5.26 Å². The Balaban J connectivity index is 1.46. The van der Waals surface area contributed by atoms with Crippen LogP contribution in [0.1, 0.15) is 45.4 Å². The average molecular weight is 605 g/mol. The second-order valence-electron chi connectivity index (χ2n) is 10.2. The number of nitrogens with zero attached hydrogens (tertiary/aromatic N) is 4. The van der Waals surface area contributed by atoms with Crippen molar-refractivity contribution in [3.63, 3.8) is 0 Å². The Bertz CT molecular complexity index is 1980. The molecule has 10 heteroatoms. The lowest BCUT2D eigenvalue weighted by atomic mass is 9.99. The number of carboxylic acid groups (broad SMARTS) is 1. The summed E-state index contributed by atoms with van der Waals surface area (Å²) < 4.78 is 27.3. The Morgan fingerprint density at radius 2 is 1.89 bits per heavy atom. The first kappa shape index (κ1) is 30.9. The molecule has 0 aliphatic rings. The van der Waals surface area contributed by atoms with E-state index in [0.29, 0.717) is 59.1 Å². The van der Waals surface area contributed by atoms with Crippen molar-refractivity contribution in [2.45, 2.75) is 32.6 Å². The van der Waals surface area contributed by atoms with Crippen molar-refractivity contribution < 1.29 is 28.9 Å². The summed E-state index contributed by atoms with van der Waals surface area (Å²) in [4.78, 5) is 21.0. The summed E-state index contributed by atoms with van der Waals surface area (Å²) in [6.07, 6.45) is -0.461. The van der Waals surface area contributed by atoms with Gasteiger partial charge in [0.05, 0.1) is 40.5 Å². The van der Waals surface area contributed by atoms with Crippen LogP contribution in [0.2, 0.25) is 0 Å². The first-order chi connectivity index (χ1) is 21.7. The summed E-state index contributed by atoms with van der Waals surface area (Å²) in [5.74, 6) is 5.35. The van der Waals surface area contributed by atoms with E-state index in [2.05, 4.69) is 16.8 Å². The average Bonchev–Trinajstić information content (AvgIpc) is 3.38. The molecule has 5 rings (SSSR count). The molecule has 0 bridgehead atoms. The van der Waals surface area contributed by atoms with Crippen LogP contribution in [0.15, 0.2) is 72.8 Å². The molecule has 2 aromatic heterocycles. The number of hydrogen-bond acceptors (Lipinski definition) is 7. The Morgan fingerprint density at radius 3 is 2.62 bits per heavy atom. The summed E-state index contributed by atoms with van der Waals surface area (Å²) in [7, 11) is 1.60. The maximum absolute atomic E-state index is 14.3. The molecule has 0 fully saturated rings. The van der Waals surface area contributed by atoms with E-state index in [1.165, 1.54) is 24.3 Å². The minimum Gasteiger partial charge on any atom is -0.478 e. The maximum Gasteiger partial charge on any atom is 0.335 e. The largest absolute Gasteiger partial charge is 0.478 e. The molecular formula is C35H29FN4O5. The van der Waals surface area contributed by atoms with E-state index >= 15 is 0 Å². The maximum atomic E-state index is 14.3. The molecule has 0 unspecified atom stereocenters. The number of carbonyl (C=O) groups is 1. The van der Waals surface area contributed by atoms with Gasteiger partial charge in [0, 0.05) is 42.8 Å². The van der Waals surface area contributed by atoms with Gasteiger partial charge in [-0.25, -0.2) is 19.2 Å². The van der Waals surface area contributed by atoms with Gasteiger partial charge in [-0.05, 0) is 55.0 Å². The van der Waals surface area contributed by atoms with Crippen molar-refractivity contribution in [3.05, 3.63) is 112 Å². The van der Waals surface area contributed by atoms with Gasteiger partial charge in [0.25, 0.3) is 0 Å². The van der Waals surface area contributed by atoms with Gasteiger partial charge < -0.3 is 24.3 Å². The van der Waals surface area contributed by atoms with Crippen LogP contribution >= 0.6 is 0 Å². The molecule has 0 aliphatic carbocycles. The van der Waals surface area contributed by atoms with Gasteiger partial charge in [-0.1, -0.05) is 36.1 Å². The van der Waals surface area contributed by atoms with Gasteiger partial charge in [-0.2, -0.15) is 5.26 Å². The predicted molar refractivity (Wildman–Crippen MR) is 165 cm³/mol. The number of halogens is 1. The highest BCUT2D eigenvalue weighted by Gasteiger charge is 2.16. The minimum absolute atomic E-state index is 0.0594. The van der Waals surface area contributed by atoms with Gasteiger partial charge in [-0.15, -0.1) is 0 Å². The monoisotopic (exact) mass is 604 g/mol. The highest BCUT2D eigenvalue weighted by Crippen LogP contribution is 2.26. The molecule has 2 N–H and O–H groups in total. The standard InChI is InChI=1S/C35H29FN4O5/c1-22(41)6-8-24-17-26(30-4-3-5-34(39-30)45-21-28-9-7-23(20-37)16-29(28)36)11-10-25(24)19-33-38-31-13-12-27(35(42)43)18-32(31)40(33)14-15-44-2/h3-5,7,9-13,16-18,22,41H,14-15,19,21H2,1-2H3,(H,42,43)/t22-/m1/s1. The second kappa shape index (κ2) is 13.8. The highest BCUT2D eigenvalue weighted by atomic mass is 19.1. The third-order valence-electron chi connectivity index (χ3n) is 7.04. The zero-order chi connectivity index (χ0) is 31.9. The van der Waals surface area contributed by atoms with Gasteiger partial charge in [0.2, 0.25) is 5.88 Å². The Hall–Kier alpha value is -5.55. The number of imidazole rings is 1. The zero-order valence-corrected chi connectivity index (χ0v) is 24.6. The van der Waals surface area contributed by atoms with Gasteiger partial charge in [-0.3, -0.25) is 0 Å². The van der Waals surface area contributed by atoms with Crippen molar-refractivity contribution >= 4 is 17.0 Å². The number of aromatic carboxylic acids is 1. The van der Waals surface area contributed by atoms with Gasteiger partial charge in [0.1, 0.15) is 24.4 Å². The number of rotatable bonds is 10. The third kappa shape index (κ3) is 7.34. The van der Waals surface area contributed by atoms with Crippen molar-refractivity contribution in [1.82, 2.24) is 14.5 Å². The van der Waals surface area contributed by atoms with E-state index in [1.807, 2.05) is 34.9 Å². The van der Waals surface area contributed by atoms with Crippen molar-refractivity contribution in [2.24, 2.45) is 0 Å². The minimum atomic E-state index is -1.02. The zero-order valence-electron chi connectivity index (χ0n) is 24.6. The predicted octanol–water partition coefficient (Wildman–Crippen LogP) is 5.36. The number of pyridine rings is 1. The van der Waals surface area contributed by atoms with Crippen LogP contribution in [0.25, 0.3) is 22.3 Å². The van der Waals surface area contributed by atoms with Crippen LogP contribution in [0.3, 0.4) is 0 Å². The first-order valence-electron chi connectivity index (χ1n) is 14.1. The van der Waals surface area contributed by atoms with Gasteiger partial charge >= 0.3 is 5.97 Å². The Kier molecular flexibility index (Phi) is 9.49. The number of methoxy groups -OCH3 is 1. The van der Waals surface area contributed by atoms with E-state index in [-0.39, 0.29) is 17.7 Å². The number of carboxylic acids is 1. The molecule has 0 radical (unpaired) electrons. The lowest BCUT2D eigenvalue weighted by Gasteiger charge is -2.12. The first-order valence-corrected chi connectivity index (χ1v) is 14.1. The van der Waals surface area contributed by atoms with Crippen LogP contribution in [-0.4, -0.2) is 50.5 Å². The summed E-state index contributed by atoms with van der Waals surface area (Å²) >= 11 is 0. The molecular weight excluding hydrogens is 575 g/mol. The molecule has 5 aromatic rings. The second-order valence-corrected chi connectivity index (χ2v) is 10.2. The molecule has 45 heavy (non-hydrogen) atoms. The molecule has 2 heterocycles. The lowest BCUT2D eigenvalue weighted by molar-refractivity contribution is 0.0697. The number of fused-ring (bicyclic) bond motifs is 1.